The Morgan fingerprint density at radius 1 is 1.69 bits per heavy atom. The fourth-order valence-corrected chi connectivity index (χ4v) is 1.42. The summed E-state index contributed by atoms with van der Waals surface area (Å²) >= 11 is 0. The van der Waals surface area contributed by atoms with Gasteiger partial charge < -0.3 is 11.1 Å². The fraction of sp³-hybridized carbons (Fsp3) is 0.286. The van der Waals surface area contributed by atoms with Gasteiger partial charge in [0, 0.05) is 12.1 Å². The number of carbonyl (C=O) groups is 2. The van der Waals surface area contributed by atoms with Crippen molar-refractivity contribution in [3.05, 3.63) is 17.0 Å². The van der Waals surface area contributed by atoms with Gasteiger partial charge in [-0.3, -0.25) is 4.79 Å². The van der Waals surface area contributed by atoms with Crippen molar-refractivity contribution >= 4 is 11.9 Å². The molecule has 1 aromatic rings. The average Bonchev–Trinajstić information content (AvgIpc) is 2.55. The highest BCUT2D eigenvalue weighted by Crippen LogP contribution is 2.18. The van der Waals surface area contributed by atoms with Gasteiger partial charge in [-0.1, -0.05) is 0 Å². The molecule has 0 saturated heterocycles. The second-order valence-electron chi connectivity index (χ2n) is 2.85. The van der Waals surface area contributed by atoms with Gasteiger partial charge in [0.05, 0.1) is 5.69 Å². The van der Waals surface area contributed by atoms with E-state index in [9.17, 15) is 9.59 Å². The van der Waals surface area contributed by atoms with E-state index in [0.29, 0.717) is 12.2 Å². The van der Waals surface area contributed by atoms with Crippen LogP contribution in [-0.4, -0.2) is 21.7 Å². The number of hydrogen-bond donors (Lipinski definition) is 2. The third-order valence-corrected chi connectivity index (χ3v) is 2.03. The molecule has 2 amide bonds. The summed E-state index contributed by atoms with van der Waals surface area (Å²) in [5, 5.41) is 6.46. The van der Waals surface area contributed by atoms with Crippen LogP contribution >= 0.6 is 0 Å². The predicted octanol–water partition coefficient (Wildman–Crippen LogP) is -0.638. The maximum absolute atomic E-state index is 11.2. The van der Waals surface area contributed by atoms with Gasteiger partial charge in [0.2, 0.25) is 0 Å². The fourth-order valence-electron chi connectivity index (χ4n) is 1.42. The highest BCUT2D eigenvalue weighted by atomic mass is 16.2. The van der Waals surface area contributed by atoms with Crippen LogP contribution in [0.25, 0.3) is 0 Å². The molecule has 6 nitrogen and oxygen atoms in total. The zero-order valence-corrected chi connectivity index (χ0v) is 7.00. The molecule has 1 aliphatic rings. The van der Waals surface area contributed by atoms with E-state index in [1.165, 1.54) is 0 Å². The third kappa shape index (κ3) is 0.915. The third-order valence-electron chi connectivity index (χ3n) is 2.03. The highest BCUT2D eigenvalue weighted by Gasteiger charge is 2.28. The summed E-state index contributed by atoms with van der Waals surface area (Å²) in [6.45, 7) is 2.16. The summed E-state index contributed by atoms with van der Waals surface area (Å²) in [5.41, 5.74) is 6.73. The van der Waals surface area contributed by atoms with Crippen molar-refractivity contribution < 1.29 is 9.59 Å². The zero-order chi connectivity index (χ0) is 9.59. The largest absolute Gasteiger partial charge is 0.350 e. The molecule has 68 valence electrons. The standard InChI is InChI=1S/C7H8N4O2/c1-3-4-2-9-6(12)5(4)11(10-3)7(8)13/h2H2,1H3,(H2,8,13)(H,9,12). The monoisotopic (exact) mass is 180 g/mol. The number of nitrogens with zero attached hydrogens (tertiary/aromatic N) is 2. The highest BCUT2D eigenvalue weighted by molar-refractivity contribution is 6.00. The lowest BCUT2D eigenvalue weighted by atomic mass is 10.2. The van der Waals surface area contributed by atoms with Crippen LogP contribution in [-0.2, 0) is 6.54 Å². The first-order valence-corrected chi connectivity index (χ1v) is 3.77. The normalized spacial score (nSPS) is 14.1. The Kier molecular flexibility index (Phi) is 1.39. The molecule has 1 aromatic heterocycles. The second kappa shape index (κ2) is 2.32. The van der Waals surface area contributed by atoms with Crippen molar-refractivity contribution in [2.24, 2.45) is 5.73 Å². The smallest absolute Gasteiger partial charge is 0.340 e. The van der Waals surface area contributed by atoms with Crippen LogP contribution in [0.5, 0.6) is 0 Å². The molecule has 0 fully saturated rings. The molecule has 2 rings (SSSR count). The molecule has 0 atom stereocenters. The average molecular weight is 180 g/mol. The molecule has 3 N–H and O–H groups in total. The minimum atomic E-state index is -0.735. The van der Waals surface area contributed by atoms with Gasteiger partial charge in [-0.15, -0.1) is 0 Å². The van der Waals surface area contributed by atoms with Crippen molar-refractivity contribution in [2.45, 2.75) is 13.5 Å². The van der Waals surface area contributed by atoms with E-state index in [0.717, 1.165) is 10.2 Å². The maximum Gasteiger partial charge on any atom is 0.340 e. The number of amides is 2. The topological polar surface area (TPSA) is 90.0 Å². The summed E-state index contributed by atoms with van der Waals surface area (Å²) in [5.74, 6) is -0.297. The van der Waals surface area contributed by atoms with Gasteiger partial charge in [0.15, 0.2) is 0 Å². The molecular formula is C7H8N4O2. The Labute approximate surface area is 73.7 Å². The minimum absolute atomic E-state index is 0.269. The summed E-state index contributed by atoms with van der Waals surface area (Å²) in [6.07, 6.45) is 0. The number of aromatic nitrogens is 2. The first kappa shape index (κ1) is 7.78. The molecular weight excluding hydrogens is 172 g/mol. The number of primary amides is 1. The molecule has 0 spiro atoms. The lowest BCUT2D eigenvalue weighted by molar-refractivity contribution is 0.0957. The van der Waals surface area contributed by atoms with Crippen molar-refractivity contribution in [3.63, 3.8) is 0 Å². The zero-order valence-electron chi connectivity index (χ0n) is 7.00. The number of fused-ring (bicyclic) bond motifs is 1. The van der Waals surface area contributed by atoms with Gasteiger partial charge in [0.25, 0.3) is 5.91 Å². The summed E-state index contributed by atoms with van der Waals surface area (Å²) < 4.78 is 0.937. The van der Waals surface area contributed by atoms with E-state index >= 15 is 0 Å². The Morgan fingerprint density at radius 3 is 3.00 bits per heavy atom. The van der Waals surface area contributed by atoms with Gasteiger partial charge in [0.1, 0.15) is 5.69 Å². The van der Waals surface area contributed by atoms with Crippen LogP contribution in [0, 0.1) is 6.92 Å². The number of carbonyl (C=O) groups excluding carboxylic acids is 2. The van der Waals surface area contributed by atoms with E-state index in [2.05, 4.69) is 10.4 Å². The maximum atomic E-state index is 11.2. The van der Waals surface area contributed by atoms with Gasteiger partial charge in [-0.05, 0) is 6.92 Å². The van der Waals surface area contributed by atoms with E-state index in [1.54, 1.807) is 6.92 Å². The van der Waals surface area contributed by atoms with Crippen molar-refractivity contribution in [1.82, 2.24) is 15.1 Å². The number of aryl methyl sites for hydroxylation is 1. The van der Waals surface area contributed by atoms with E-state index in [1.807, 2.05) is 0 Å². The van der Waals surface area contributed by atoms with Crippen LogP contribution in [0.4, 0.5) is 4.79 Å². The SMILES string of the molecule is Cc1nn(C(N)=O)c2c1CNC2=O. The van der Waals surface area contributed by atoms with E-state index in [4.69, 9.17) is 5.73 Å². The van der Waals surface area contributed by atoms with Crippen molar-refractivity contribution in [2.75, 3.05) is 0 Å². The molecule has 0 unspecified atom stereocenters. The molecule has 0 bridgehead atoms. The number of hydrogen-bond acceptors (Lipinski definition) is 3. The summed E-state index contributed by atoms with van der Waals surface area (Å²) in [6, 6.07) is -0.735. The Morgan fingerprint density at radius 2 is 2.38 bits per heavy atom. The summed E-state index contributed by atoms with van der Waals surface area (Å²) in [7, 11) is 0. The number of nitrogens with two attached hydrogens (primary N) is 1. The van der Waals surface area contributed by atoms with E-state index in [-0.39, 0.29) is 11.6 Å². The van der Waals surface area contributed by atoms with Crippen LogP contribution in [0.1, 0.15) is 21.7 Å². The summed E-state index contributed by atoms with van der Waals surface area (Å²) in [4.78, 5) is 22.1. The molecule has 1 aliphatic heterocycles. The molecule has 13 heavy (non-hydrogen) atoms. The lowest BCUT2D eigenvalue weighted by Crippen LogP contribution is -2.27. The van der Waals surface area contributed by atoms with Crippen LogP contribution in [0.2, 0.25) is 0 Å². The first-order valence-electron chi connectivity index (χ1n) is 3.77. The quantitative estimate of drug-likeness (QED) is 0.556. The molecule has 0 radical (unpaired) electrons. The second-order valence-corrected chi connectivity index (χ2v) is 2.85. The first-order chi connectivity index (χ1) is 6.11. The Bertz CT molecular complexity index is 407. The lowest BCUT2D eigenvalue weighted by Gasteiger charge is -1.96. The van der Waals surface area contributed by atoms with Crippen LogP contribution < -0.4 is 11.1 Å². The Hall–Kier alpha value is -1.85. The molecule has 0 saturated carbocycles. The van der Waals surface area contributed by atoms with Crippen molar-refractivity contribution in [1.29, 1.82) is 0 Å². The number of nitrogens with one attached hydrogen (secondary N) is 1. The van der Waals surface area contributed by atoms with Gasteiger partial charge in [-0.25, -0.2) is 4.79 Å². The van der Waals surface area contributed by atoms with Crippen LogP contribution in [0.3, 0.4) is 0 Å². The van der Waals surface area contributed by atoms with E-state index < -0.39 is 6.03 Å². The number of rotatable bonds is 0. The molecule has 0 aliphatic carbocycles. The molecule has 6 heteroatoms. The van der Waals surface area contributed by atoms with Gasteiger partial charge in [-0.2, -0.15) is 9.78 Å². The predicted molar refractivity (Wildman–Crippen MR) is 43.1 cm³/mol. The minimum Gasteiger partial charge on any atom is -0.350 e. The Balaban J connectivity index is 2.67. The van der Waals surface area contributed by atoms with Crippen molar-refractivity contribution in [3.8, 4) is 0 Å². The molecule has 0 aromatic carbocycles. The van der Waals surface area contributed by atoms with Gasteiger partial charge >= 0.3 is 6.03 Å². The molecule has 2 heterocycles. The van der Waals surface area contributed by atoms with Crippen LogP contribution in [0.15, 0.2) is 0 Å².